The Hall–Kier alpha value is -1.21. The van der Waals surface area contributed by atoms with E-state index in [9.17, 15) is 0 Å². The summed E-state index contributed by atoms with van der Waals surface area (Å²) >= 11 is 1.79. The molecule has 0 spiro atoms. The van der Waals surface area contributed by atoms with Crippen molar-refractivity contribution in [1.82, 2.24) is 0 Å². The van der Waals surface area contributed by atoms with Crippen LogP contribution in [0.15, 0.2) is 59.5 Å². The van der Waals surface area contributed by atoms with E-state index in [4.69, 9.17) is 0 Å². The highest BCUT2D eigenvalue weighted by atomic mass is 32.2. The Bertz CT molecular complexity index is 420. The van der Waals surface area contributed by atoms with Crippen LogP contribution in [0.5, 0.6) is 0 Å². The summed E-state index contributed by atoms with van der Waals surface area (Å²) < 4.78 is 0. The molecule has 2 rings (SSSR count). The van der Waals surface area contributed by atoms with Crippen LogP contribution in [0.25, 0.3) is 0 Å². The third-order valence-corrected chi connectivity index (χ3v) is 3.11. The fourth-order valence-corrected chi connectivity index (χ4v) is 2.10. The van der Waals surface area contributed by atoms with E-state index in [-0.39, 0.29) is 0 Å². The van der Waals surface area contributed by atoms with Crippen LogP contribution in [0.3, 0.4) is 0 Å². The molecule has 76 valence electrons. The maximum absolute atomic E-state index is 2.26. The molecule has 2 aromatic carbocycles. The van der Waals surface area contributed by atoms with Crippen molar-refractivity contribution in [3.8, 4) is 0 Å². The van der Waals surface area contributed by atoms with Crippen LogP contribution in [0.2, 0.25) is 0 Å². The van der Waals surface area contributed by atoms with Crippen molar-refractivity contribution in [2.45, 2.75) is 11.3 Å². The van der Waals surface area contributed by atoms with Gasteiger partial charge in [0.05, 0.1) is 0 Å². The maximum Gasteiger partial charge on any atom is 0.00719 e. The standard InChI is InChI=1S/C14H14S/c1-15-14-9-5-8-13(11-14)10-12-6-3-2-4-7-12/h2-9,11H,10H2,1H3. The molecule has 0 fully saturated rings. The van der Waals surface area contributed by atoms with Gasteiger partial charge in [-0.25, -0.2) is 0 Å². The van der Waals surface area contributed by atoms with E-state index in [1.54, 1.807) is 11.8 Å². The van der Waals surface area contributed by atoms with E-state index in [2.05, 4.69) is 60.9 Å². The maximum atomic E-state index is 2.26. The van der Waals surface area contributed by atoms with Crippen molar-refractivity contribution in [2.24, 2.45) is 0 Å². The number of hydrogen-bond acceptors (Lipinski definition) is 1. The molecule has 15 heavy (non-hydrogen) atoms. The molecule has 0 aromatic heterocycles. The third-order valence-electron chi connectivity index (χ3n) is 2.39. The first-order chi connectivity index (χ1) is 7.38. The van der Waals surface area contributed by atoms with Crippen molar-refractivity contribution < 1.29 is 0 Å². The summed E-state index contributed by atoms with van der Waals surface area (Å²) in [4.78, 5) is 1.34. The summed E-state index contributed by atoms with van der Waals surface area (Å²) in [6.07, 6.45) is 3.14. The molecule has 1 heteroatoms. The Balaban J connectivity index is 2.17. The molecule has 0 aliphatic heterocycles. The van der Waals surface area contributed by atoms with Gasteiger partial charge in [-0.1, -0.05) is 42.5 Å². The lowest BCUT2D eigenvalue weighted by molar-refractivity contribution is 1.17. The van der Waals surface area contributed by atoms with Gasteiger partial charge in [0.2, 0.25) is 0 Å². The topological polar surface area (TPSA) is 0 Å². The van der Waals surface area contributed by atoms with Crippen molar-refractivity contribution >= 4 is 11.8 Å². The summed E-state index contributed by atoms with van der Waals surface area (Å²) in [7, 11) is 0. The van der Waals surface area contributed by atoms with Gasteiger partial charge in [-0.3, -0.25) is 0 Å². The first-order valence-electron chi connectivity index (χ1n) is 5.05. The average Bonchev–Trinajstić information content (AvgIpc) is 2.31. The number of hydrogen-bond donors (Lipinski definition) is 0. The zero-order valence-electron chi connectivity index (χ0n) is 8.81. The lowest BCUT2D eigenvalue weighted by atomic mass is 10.1. The molecule has 0 radical (unpaired) electrons. The zero-order valence-corrected chi connectivity index (χ0v) is 9.63. The van der Waals surface area contributed by atoms with Gasteiger partial charge < -0.3 is 0 Å². The Morgan fingerprint density at radius 3 is 2.33 bits per heavy atom. The Labute approximate surface area is 95.3 Å². The molecule has 0 atom stereocenters. The Morgan fingerprint density at radius 1 is 0.867 bits per heavy atom. The molecular weight excluding hydrogens is 200 g/mol. The van der Waals surface area contributed by atoms with E-state index in [0.29, 0.717) is 0 Å². The molecule has 0 aliphatic carbocycles. The molecule has 0 N–H and O–H groups in total. The number of rotatable bonds is 3. The number of thioether (sulfide) groups is 1. The Kier molecular flexibility index (Phi) is 3.46. The molecule has 2 aromatic rings. The summed E-state index contributed by atoms with van der Waals surface area (Å²) in [5.41, 5.74) is 2.75. The van der Waals surface area contributed by atoms with Gasteiger partial charge in [0.15, 0.2) is 0 Å². The monoisotopic (exact) mass is 214 g/mol. The van der Waals surface area contributed by atoms with Crippen LogP contribution in [-0.2, 0) is 6.42 Å². The fraction of sp³-hybridized carbons (Fsp3) is 0.143. The van der Waals surface area contributed by atoms with Crippen LogP contribution in [-0.4, -0.2) is 6.26 Å². The van der Waals surface area contributed by atoms with E-state index in [1.165, 1.54) is 16.0 Å². The molecule has 0 saturated carbocycles. The van der Waals surface area contributed by atoms with Crippen LogP contribution < -0.4 is 0 Å². The predicted octanol–water partition coefficient (Wildman–Crippen LogP) is 4.00. The minimum Gasteiger partial charge on any atom is -0.130 e. The second-order valence-corrected chi connectivity index (χ2v) is 4.39. The third kappa shape index (κ3) is 2.87. The van der Waals surface area contributed by atoms with Crippen molar-refractivity contribution in [2.75, 3.05) is 6.26 Å². The van der Waals surface area contributed by atoms with Crippen LogP contribution in [0.1, 0.15) is 11.1 Å². The van der Waals surface area contributed by atoms with Gasteiger partial charge in [-0.05, 0) is 35.9 Å². The lowest BCUT2D eigenvalue weighted by Crippen LogP contribution is -1.87. The normalized spacial score (nSPS) is 10.2. The average molecular weight is 214 g/mol. The van der Waals surface area contributed by atoms with E-state index >= 15 is 0 Å². The molecule has 0 saturated heterocycles. The second-order valence-electron chi connectivity index (χ2n) is 3.51. The minimum atomic E-state index is 1.02. The summed E-state index contributed by atoms with van der Waals surface area (Å²) in [5.74, 6) is 0. The predicted molar refractivity (Wildman–Crippen MR) is 67.5 cm³/mol. The fourth-order valence-electron chi connectivity index (χ4n) is 1.61. The van der Waals surface area contributed by atoms with Gasteiger partial charge in [0.1, 0.15) is 0 Å². The highest BCUT2D eigenvalue weighted by molar-refractivity contribution is 7.98. The highest BCUT2D eigenvalue weighted by Gasteiger charge is 1.96. The number of benzene rings is 2. The molecule has 0 heterocycles. The van der Waals surface area contributed by atoms with E-state index in [1.807, 2.05) is 0 Å². The summed E-state index contributed by atoms with van der Waals surface area (Å²) in [6, 6.07) is 19.3. The lowest BCUT2D eigenvalue weighted by Gasteiger charge is -2.03. The Morgan fingerprint density at radius 2 is 1.60 bits per heavy atom. The molecule has 0 aliphatic rings. The van der Waals surface area contributed by atoms with Crippen LogP contribution in [0.4, 0.5) is 0 Å². The largest absolute Gasteiger partial charge is 0.130 e. The van der Waals surface area contributed by atoms with Gasteiger partial charge in [-0.2, -0.15) is 0 Å². The van der Waals surface area contributed by atoms with E-state index in [0.717, 1.165) is 6.42 Å². The molecule has 0 bridgehead atoms. The van der Waals surface area contributed by atoms with Crippen LogP contribution in [0, 0.1) is 0 Å². The van der Waals surface area contributed by atoms with Gasteiger partial charge >= 0.3 is 0 Å². The summed E-state index contributed by atoms with van der Waals surface area (Å²) in [6.45, 7) is 0. The van der Waals surface area contributed by atoms with E-state index < -0.39 is 0 Å². The SMILES string of the molecule is CSc1cccc(Cc2ccccc2)c1. The molecular formula is C14H14S. The first kappa shape index (κ1) is 10.3. The molecule has 0 nitrogen and oxygen atoms in total. The highest BCUT2D eigenvalue weighted by Crippen LogP contribution is 2.17. The van der Waals surface area contributed by atoms with Crippen molar-refractivity contribution in [1.29, 1.82) is 0 Å². The quantitative estimate of drug-likeness (QED) is 0.696. The first-order valence-corrected chi connectivity index (χ1v) is 6.28. The minimum absolute atomic E-state index is 1.02. The van der Waals surface area contributed by atoms with Crippen molar-refractivity contribution in [3.05, 3.63) is 65.7 Å². The molecule has 0 amide bonds. The second kappa shape index (κ2) is 5.04. The summed E-state index contributed by atoms with van der Waals surface area (Å²) in [5, 5.41) is 0. The van der Waals surface area contributed by atoms with Gasteiger partial charge in [0.25, 0.3) is 0 Å². The van der Waals surface area contributed by atoms with Crippen LogP contribution >= 0.6 is 11.8 Å². The zero-order chi connectivity index (χ0) is 10.5. The van der Waals surface area contributed by atoms with Gasteiger partial charge in [0, 0.05) is 4.90 Å². The smallest absolute Gasteiger partial charge is 0.00719 e. The van der Waals surface area contributed by atoms with Gasteiger partial charge in [-0.15, -0.1) is 11.8 Å². The van der Waals surface area contributed by atoms with Crippen molar-refractivity contribution in [3.63, 3.8) is 0 Å². The molecule has 0 unspecified atom stereocenters.